The van der Waals surface area contributed by atoms with E-state index in [-0.39, 0.29) is 0 Å². The minimum atomic E-state index is 0.683. The molecule has 0 unspecified atom stereocenters. The monoisotopic (exact) mass is 246 g/mol. The summed E-state index contributed by atoms with van der Waals surface area (Å²) in [6.45, 7) is 2.58. The zero-order chi connectivity index (χ0) is 11.7. The molecule has 5 nitrogen and oxygen atoms in total. The van der Waals surface area contributed by atoms with Crippen LogP contribution in [0.4, 0.5) is 0 Å². The highest BCUT2D eigenvalue weighted by atomic mass is 32.1. The predicted molar refractivity (Wildman–Crippen MR) is 63.7 cm³/mol. The highest BCUT2D eigenvalue weighted by Gasteiger charge is 2.11. The highest BCUT2D eigenvalue weighted by Crippen LogP contribution is 2.19. The standard InChI is InChI=1S/C11H10N4OS/c1-8-4-10(16-14-8)11-12-2-3-15(11)5-9-6-17-7-13-9/h2-4,6-7H,5H2,1H3. The molecule has 3 heterocycles. The van der Waals surface area contributed by atoms with Crippen LogP contribution in [0, 0.1) is 6.92 Å². The van der Waals surface area contributed by atoms with Crippen molar-refractivity contribution in [2.75, 3.05) is 0 Å². The van der Waals surface area contributed by atoms with Crippen LogP contribution in [0.1, 0.15) is 11.4 Å². The van der Waals surface area contributed by atoms with Crippen LogP contribution in [0.3, 0.4) is 0 Å². The number of hydrogen-bond donors (Lipinski definition) is 0. The summed E-state index contributed by atoms with van der Waals surface area (Å²) in [5.41, 5.74) is 3.69. The maximum absolute atomic E-state index is 5.22. The molecule has 0 spiro atoms. The third kappa shape index (κ3) is 1.99. The van der Waals surface area contributed by atoms with E-state index in [4.69, 9.17) is 4.52 Å². The van der Waals surface area contributed by atoms with Crippen molar-refractivity contribution in [3.05, 3.63) is 40.7 Å². The third-order valence-electron chi connectivity index (χ3n) is 2.38. The van der Waals surface area contributed by atoms with E-state index >= 15 is 0 Å². The minimum absolute atomic E-state index is 0.683. The Labute approximate surface area is 102 Å². The number of thiazole rings is 1. The third-order valence-corrected chi connectivity index (χ3v) is 3.01. The van der Waals surface area contributed by atoms with E-state index in [1.165, 1.54) is 0 Å². The van der Waals surface area contributed by atoms with Crippen molar-refractivity contribution in [2.45, 2.75) is 13.5 Å². The zero-order valence-electron chi connectivity index (χ0n) is 9.20. The molecule has 0 aromatic carbocycles. The normalized spacial score (nSPS) is 10.9. The minimum Gasteiger partial charge on any atom is -0.353 e. The average molecular weight is 246 g/mol. The van der Waals surface area contributed by atoms with Gasteiger partial charge in [0.15, 0.2) is 5.82 Å². The van der Waals surface area contributed by atoms with Gasteiger partial charge in [-0.2, -0.15) is 0 Å². The van der Waals surface area contributed by atoms with Gasteiger partial charge in [-0.25, -0.2) is 9.97 Å². The number of aromatic nitrogens is 4. The molecular formula is C11H10N4OS. The highest BCUT2D eigenvalue weighted by molar-refractivity contribution is 7.07. The van der Waals surface area contributed by atoms with Crippen molar-refractivity contribution in [1.82, 2.24) is 19.7 Å². The fourth-order valence-electron chi connectivity index (χ4n) is 1.62. The number of hydrogen-bond acceptors (Lipinski definition) is 5. The Balaban J connectivity index is 1.94. The lowest BCUT2D eigenvalue weighted by Crippen LogP contribution is -2.00. The summed E-state index contributed by atoms with van der Waals surface area (Å²) in [5, 5.41) is 5.89. The van der Waals surface area contributed by atoms with Crippen LogP contribution in [0.15, 0.2) is 33.9 Å². The first-order chi connectivity index (χ1) is 8.33. The second-order valence-corrected chi connectivity index (χ2v) is 4.41. The second kappa shape index (κ2) is 4.14. The van der Waals surface area contributed by atoms with Gasteiger partial charge in [0.2, 0.25) is 5.76 Å². The SMILES string of the molecule is Cc1cc(-c2nccn2Cc2cscn2)on1. The lowest BCUT2D eigenvalue weighted by Gasteiger charge is -2.02. The molecule has 0 N–H and O–H groups in total. The van der Waals surface area contributed by atoms with Gasteiger partial charge < -0.3 is 9.09 Å². The van der Waals surface area contributed by atoms with E-state index < -0.39 is 0 Å². The first kappa shape index (κ1) is 10.2. The molecule has 0 amide bonds. The van der Waals surface area contributed by atoms with Crippen LogP contribution in [0.2, 0.25) is 0 Å². The Morgan fingerprint density at radius 2 is 2.35 bits per heavy atom. The van der Waals surface area contributed by atoms with Crippen LogP contribution < -0.4 is 0 Å². The van der Waals surface area contributed by atoms with E-state index in [2.05, 4.69) is 15.1 Å². The summed E-state index contributed by atoms with van der Waals surface area (Å²) in [6, 6.07) is 1.87. The molecule has 0 aliphatic rings. The summed E-state index contributed by atoms with van der Waals surface area (Å²) in [6.07, 6.45) is 3.66. The van der Waals surface area contributed by atoms with Gasteiger partial charge >= 0.3 is 0 Å². The van der Waals surface area contributed by atoms with Gasteiger partial charge in [-0.05, 0) is 6.92 Å². The van der Waals surface area contributed by atoms with Gasteiger partial charge in [0.25, 0.3) is 0 Å². The molecular weight excluding hydrogens is 236 g/mol. The number of nitrogens with zero attached hydrogens (tertiary/aromatic N) is 4. The maximum Gasteiger partial charge on any atom is 0.202 e. The van der Waals surface area contributed by atoms with E-state index in [0.717, 1.165) is 17.2 Å². The first-order valence-electron chi connectivity index (χ1n) is 5.15. The van der Waals surface area contributed by atoms with Crippen molar-refractivity contribution in [1.29, 1.82) is 0 Å². The molecule has 0 radical (unpaired) electrons. The largest absolute Gasteiger partial charge is 0.353 e. The van der Waals surface area contributed by atoms with Crippen molar-refractivity contribution in [2.24, 2.45) is 0 Å². The predicted octanol–water partition coefficient (Wildman–Crippen LogP) is 2.35. The average Bonchev–Trinajstić information content (AvgIpc) is 2.99. The fourth-order valence-corrected chi connectivity index (χ4v) is 2.17. The molecule has 6 heteroatoms. The molecule has 0 saturated carbocycles. The van der Waals surface area contributed by atoms with Gasteiger partial charge in [-0.1, -0.05) is 5.16 Å². The molecule has 17 heavy (non-hydrogen) atoms. The van der Waals surface area contributed by atoms with Gasteiger partial charge in [0.05, 0.1) is 23.4 Å². The smallest absolute Gasteiger partial charge is 0.202 e. The molecule has 3 rings (SSSR count). The van der Waals surface area contributed by atoms with Crippen molar-refractivity contribution in [3.63, 3.8) is 0 Å². The lowest BCUT2D eigenvalue weighted by atomic mass is 10.3. The number of imidazole rings is 1. The fraction of sp³-hybridized carbons (Fsp3) is 0.182. The topological polar surface area (TPSA) is 56.7 Å². The van der Waals surface area contributed by atoms with E-state index in [1.54, 1.807) is 17.5 Å². The molecule has 0 saturated heterocycles. The summed E-state index contributed by atoms with van der Waals surface area (Å²) in [5.74, 6) is 1.46. The summed E-state index contributed by atoms with van der Waals surface area (Å²) in [4.78, 5) is 8.54. The van der Waals surface area contributed by atoms with Crippen molar-refractivity contribution in [3.8, 4) is 11.6 Å². The van der Waals surface area contributed by atoms with Gasteiger partial charge in [-0.3, -0.25) is 0 Å². The number of aryl methyl sites for hydroxylation is 1. The van der Waals surface area contributed by atoms with Crippen LogP contribution in [-0.4, -0.2) is 19.7 Å². The van der Waals surface area contributed by atoms with Crippen molar-refractivity contribution < 1.29 is 4.52 Å². The Morgan fingerprint density at radius 3 is 3.06 bits per heavy atom. The second-order valence-electron chi connectivity index (χ2n) is 3.69. The molecule has 3 aromatic heterocycles. The molecule has 0 bridgehead atoms. The quantitative estimate of drug-likeness (QED) is 0.711. The van der Waals surface area contributed by atoms with Crippen molar-refractivity contribution >= 4 is 11.3 Å². The molecule has 0 atom stereocenters. The lowest BCUT2D eigenvalue weighted by molar-refractivity contribution is 0.423. The number of rotatable bonds is 3. The van der Waals surface area contributed by atoms with E-state index in [9.17, 15) is 0 Å². The molecule has 0 fully saturated rings. The van der Waals surface area contributed by atoms with Gasteiger partial charge in [-0.15, -0.1) is 11.3 Å². The molecule has 3 aromatic rings. The summed E-state index contributed by atoms with van der Waals surface area (Å²) in [7, 11) is 0. The zero-order valence-corrected chi connectivity index (χ0v) is 10.0. The van der Waals surface area contributed by atoms with Crippen LogP contribution in [-0.2, 0) is 6.54 Å². The Hall–Kier alpha value is -1.95. The van der Waals surface area contributed by atoms with E-state index in [1.807, 2.05) is 34.6 Å². The van der Waals surface area contributed by atoms with Crippen LogP contribution in [0.5, 0.6) is 0 Å². The van der Waals surface area contributed by atoms with E-state index in [0.29, 0.717) is 12.3 Å². The first-order valence-corrected chi connectivity index (χ1v) is 6.09. The molecule has 0 aliphatic carbocycles. The van der Waals surface area contributed by atoms with Gasteiger partial charge in [0.1, 0.15) is 0 Å². The Kier molecular flexibility index (Phi) is 2.49. The molecule has 0 aliphatic heterocycles. The van der Waals surface area contributed by atoms with Gasteiger partial charge in [0, 0.05) is 23.8 Å². The summed E-state index contributed by atoms with van der Waals surface area (Å²) < 4.78 is 7.21. The Morgan fingerprint density at radius 1 is 1.41 bits per heavy atom. The van der Waals surface area contributed by atoms with Crippen LogP contribution in [0.25, 0.3) is 11.6 Å². The Bertz CT molecular complexity index is 611. The maximum atomic E-state index is 5.22. The summed E-state index contributed by atoms with van der Waals surface area (Å²) >= 11 is 1.59. The van der Waals surface area contributed by atoms with Crippen LogP contribution >= 0.6 is 11.3 Å². The molecule has 86 valence electrons.